The summed E-state index contributed by atoms with van der Waals surface area (Å²) >= 11 is 0. The molecule has 1 aliphatic heterocycles. The minimum Gasteiger partial charge on any atom is -0.363 e. The van der Waals surface area contributed by atoms with E-state index in [1.165, 1.54) is 0 Å². The van der Waals surface area contributed by atoms with Gasteiger partial charge in [-0.15, -0.1) is 0 Å². The highest BCUT2D eigenvalue weighted by molar-refractivity contribution is 6.00. The number of hydrogen-bond donors (Lipinski definition) is 3. The zero-order valence-corrected chi connectivity index (χ0v) is 23.6. The van der Waals surface area contributed by atoms with Gasteiger partial charge in [-0.05, 0) is 36.1 Å². The lowest BCUT2D eigenvalue weighted by atomic mass is 9.97. The first kappa shape index (κ1) is 27.1. The van der Waals surface area contributed by atoms with Crippen LogP contribution in [0.5, 0.6) is 0 Å². The number of urea groups is 1. The molecular weight excluding hydrogens is 510 g/mol. The quantitative estimate of drug-likeness (QED) is 0.330. The van der Waals surface area contributed by atoms with E-state index >= 15 is 0 Å². The van der Waals surface area contributed by atoms with Crippen LogP contribution in [0.2, 0.25) is 0 Å². The molecule has 3 amide bonds. The summed E-state index contributed by atoms with van der Waals surface area (Å²) in [5.74, 6) is 0.753. The van der Waals surface area contributed by atoms with Crippen molar-refractivity contribution in [3.05, 3.63) is 53.8 Å². The van der Waals surface area contributed by atoms with Crippen molar-refractivity contribution in [2.45, 2.75) is 51.6 Å². The number of aromatic amines is 1. The van der Waals surface area contributed by atoms with E-state index in [4.69, 9.17) is 4.52 Å². The third-order valence-corrected chi connectivity index (χ3v) is 6.98. The summed E-state index contributed by atoms with van der Waals surface area (Å²) < 4.78 is 5.25. The number of likely N-dealkylation sites (tertiary alicyclic amines) is 1. The summed E-state index contributed by atoms with van der Waals surface area (Å²) in [6.07, 6.45) is 2.59. The topological polar surface area (TPSA) is 145 Å². The van der Waals surface area contributed by atoms with E-state index in [1.807, 2.05) is 62.9 Å². The van der Waals surface area contributed by atoms with Gasteiger partial charge in [0.2, 0.25) is 5.89 Å². The molecule has 0 radical (unpaired) electrons. The average molecular weight is 546 g/mol. The number of nitrogens with zero attached hydrogens (tertiary/aromatic N) is 6. The molecule has 3 aromatic heterocycles. The maximum Gasteiger partial charge on any atom is 0.319 e. The predicted octanol–water partition coefficient (Wildman–Crippen LogP) is 3.96. The number of anilines is 1. The number of amides is 3. The second kappa shape index (κ2) is 10.6. The number of aromatic nitrogens is 5. The van der Waals surface area contributed by atoms with E-state index in [0.29, 0.717) is 30.4 Å². The van der Waals surface area contributed by atoms with E-state index in [1.54, 1.807) is 25.2 Å². The molecule has 0 aliphatic carbocycles. The van der Waals surface area contributed by atoms with Crippen molar-refractivity contribution in [2.75, 3.05) is 32.5 Å². The first-order valence-corrected chi connectivity index (χ1v) is 13.3. The number of carbonyl (C=O) groups is 2. The summed E-state index contributed by atoms with van der Waals surface area (Å²) in [5.41, 5.74) is 3.24. The zero-order chi connectivity index (χ0) is 28.6. The van der Waals surface area contributed by atoms with Gasteiger partial charge in [-0.1, -0.05) is 50.2 Å². The van der Waals surface area contributed by atoms with Gasteiger partial charge in [0.05, 0.1) is 11.4 Å². The molecule has 1 unspecified atom stereocenters. The van der Waals surface area contributed by atoms with Gasteiger partial charge in [0, 0.05) is 44.8 Å². The fraction of sp³-hybridized carbons (Fsp3) is 0.429. The Labute approximate surface area is 232 Å². The molecule has 210 valence electrons. The molecule has 1 fully saturated rings. The molecule has 40 heavy (non-hydrogen) atoms. The van der Waals surface area contributed by atoms with Gasteiger partial charge in [-0.3, -0.25) is 9.89 Å². The van der Waals surface area contributed by atoms with Crippen molar-refractivity contribution in [1.82, 2.24) is 40.4 Å². The molecule has 0 spiro atoms. The summed E-state index contributed by atoms with van der Waals surface area (Å²) in [7, 11) is 3.53. The largest absolute Gasteiger partial charge is 0.363 e. The number of nitrogens with one attached hydrogen (secondary N) is 3. The Hall–Kier alpha value is -4.48. The molecule has 5 rings (SSSR count). The van der Waals surface area contributed by atoms with Crippen molar-refractivity contribution >= 4 is 28.8 Å². The first-order valence-electron chi connectivity index (χ1n) is 13.3. The van der Waals surface area contributed by atoms with Crippen LogP contribution in [-0.4, -0.2) is 80.3 Å². The Morgan fingerprint density at radius 1 is 1.18 bits per heavy atom. The molecule has 0 bridgehead atoms. The maximum absolute atomic E-state index is 12.7. The van der Waals surface area contributed by atoms with E-state index in [2.05, 4.69) is 36.0 Å². The standard InChI is InChI=1S/C28H35N9O3/c1-16(30-25(38)24-32-26(40-35-24)28(2,3)4)17-7-9-18(10-8-17)20-11-13-29-22-21(20)23(34-33-22)31-19-12-14-37(15-19)27(39)36(5)6/h7-11,13,16,19H,12,14-15H2,1-6H3,(H,30,38)(H2,29,31,33,34)/t16?,19-/m1/s1. The van der Waals surface area contributed by atoms with Crippen LogP contribution < -0.4 is 10.6 Å². The Kier molecular flexibility index (Phi) is 7.17. The lowest BCUT2D eigenvalue weighted by molar-refractivity contribution is 0.0926. The van der Waals surface area contributed by atoms with Gasteiger partial charge in [-0.2, -0.15) is 10.1 Å². The smallest absolute Gasteiger partial charge is 0.319 e. The Morgan fingerprint density at radius 2 is 1.93 bits per heavy atom. The number of rotatable bonds is 6. The monoisotopic (exact) mass is 545 g/mol. The Bertz CT molecular complexity index is 1520. The summed E-state index contributed by atoms with van der Waals surface area (Å²) in [5, 5.41) is 18.7. The van der Waals surface area contributed by atoms with E-state index in [0.717, 1.165) is 28.5 Å². The lowest BCUT2D eigenvalue weighted by Gasteiger charge is -2.21. The molecule has 2 atom stereocenters. The number of benzene rings is 1. The van der Waals surface area contributed by atoms with Gasteiger partial charge in [-0.25, -0.2) is 9.78 Å². The summed E-state index contributed by atoms with van der Waals surface area (Å²) in [4.78, 5) is 37.2. The van der Waals surface area contributed by atoms with Gasteiger partial charge < -0.3 is 25.0 Å². The van der Waals surface area contributed by atoms with Crippen LogP contribution in [0.4, 0.5) is 10.6 Å². The van der Waals surface area contributed by atoms with Gasteiger partial charge in [0.25, 0.3) is 11.7 Å². The number of carbonyl (C=O) groups excluding carboxylic acids is 2. The minimum absolute atomic E-state index is 0.0102. The van der Waals surface area contributed by atoms with Crippen molar-refractivity contribution in [1.29, 1.82) is 0 Å². The van der Waals surface area contributed by atoms with Crippen LogP contribution >= 0.6 is 0 Å². The van der Waals surface area contributed by atoms with Crippen molar-refractivity contribution < 1.29 is 14.1 Å². The number of H-pyrrole nitrogens is 1. The van der Waals surface area contributed by atoms with Crippen LogP contribution in [0.15, 0.2) is 41.1 Å². The maximum atomic E-state index is 12.7. The highest BCUT2D eigenvalue weighted by Crippen LogP contribution is 2.33. The van der Waals surface area contributed by atoms with E-state index in [-0.39, 0.29) is 29.4 Å². The Morgan fingerprint density at radius 3 is 2.60 bits per heavy atom. The number of fused-ring (bicyclic) bond motifs is 1. The summed E-state index contributed by atoms with van der Waals surface area (Å²) in [6, 6.07) is 9.80. The highest BCUT2D eigenvalue weighted by atomic mass is 16.5. The van der Waals surface area contributed by atoms with E-state index < -0.39 is 5.91 Å². The molecular formula is C28H35N9O3. The molecule has 1 saturated heterocycles. The highest BCUT2D eigenvalue weighted by Gasteiger charge is 2.28. The molecule has 12 nitrogen and oxygen atoms in total. The molecule has 3 N–H and O–H groups in total. The molecule has 1 aromatic carbocycles. The van der Waals surface area contributed by atoms with Crippen LogP contribution in [0.1, 0.15) is 62.2 Å². The zero-order valence-electron chi connectivity index (χ0n) is 23.6. The van der Waals surface area contributed by atoms with Gasteiger partial charge in [0.15, 0.2) is 11.5 Å². The third kappa shape index (κ3) is 5.47. The molecule has 4 aromatic rings. The van der Waals surface area contributed by atoms with Crippen molar-refractivity contribution in [2.24, 2.45) is 0 Å². The molecule has 1 aliphatic rings. The van der Waals surface area contributed by atoms with Crippen LogP contribution in [-0.2, 0) is 5.41 Å². The molecule has 0 saturated carbocycles. The second-order valence-electron chi connectivity index (χ2n) is 11.4. The fourth-order valence-electron chi connectivity index (χ4n) is 4.74. The van der Waals surface area contributed by atoms with E-state index in [9.17, 15) is 9.59 Å². The minimum atomic E-state index is -0.390. The van der Waals surface area contributed by atoms with Crippen LogP contribution in [0, 0.1) is 0 Å². The third-order valence-electron chi connectivity index (χ3n) is 6.98. The summed E-state index contributed by atoms with van der Waals surface area (Å²) in [6.45, 7) is 9.06. The second-order valence-corrected chi connectivity index (χ2v) is 11.4. The molecule has 4 heterocycles. The number of pyridine rings is 1. The molecule has 12 heteroatoms. The first-order chi connectivity index (χ1) is 19.0. The van der Waals surface area contributed by atoms with Crippen LogP contribution in [0.25, 0.3) is 22.2 Å². The fourth-order valence-corrected chi connectivity index (χ4v) is 4.74. The predicted molar refractivity (Wildman–Crippen MR) is 151 cm³/mol. The Balaban J connectivity index is 1.31. The van der Waals surface area contributed by atoms with Crippen LogP contribution in [0.3, 0.4) is 0 Å². The lowest BCUT2D eigenvalue weighted by Crippen LogP contribution is -2.38. The van der Waals surface area contributed by atoms with Gasteiger partial charge in [0.1, 0.15) is 0 Å². The van der Waals surface area contributed by atoms with Crippen molar-refractivity contribution in [3.63, 3.8) is 0 Å². The number of hydrogen-bond acceptors (Lipinski definition) is 8. The van der Waals surface area contributed by atoms with Gasteiger partial charge >= 0.3 is 6.03 Å². The normalized spacial score (nSPS) is 16.2. The van der Waals surface area contributed by atoms with Crippen molar-refractivity contribution in [3.8, 4) is 11.1 Å². The SMILES string of the molecule is CC(NC(=O)c1noc(C(C)(C)C)n1)c1ccc(-c2ccnc3[nH]nc(N[C@@H]4CCN(C(=O)N(C)C)C4)c23)cc1. The average Bonchev–Trinajstić information content (AvgIpc) is 3.68.